The van der Waals surface area contributed by atoms with Gasteiger partial charge < -0.3 is 0 Å². The first-order valence-corrected chi connectivity index (χ1v) is 7.52. The number of hydrogen-bond donors (Lipinski definition) is 3. The van der Waals surface area contributed by atoms with E-state index >= 15 is 0 Å². The van der Waals surface area contributed by atoms with Gasteiger partial charge in [0.05, 0.1) is 0 Å². The van der Waals surface area contributed by atoms with Gasteiger partial charge in [-0.2, -0.15) is 37.9 Å². The van der Waals surface area contributed by atoms with Crippen molar-refractivity contribution in [2.45, 2.75) is 55.8 Å². The molecule has 0 spiro atoms. The van der Waals surface area contributed by atoms with E-state index in [9.17, 15) is 0 Å². The molecule has 0 bridgehead atoms. The Bertz CT molecular complexity index is 189. The highest BCUT2D eigenvalue weighted by molar-refractivity contribution is 7.81. The maximum atomic E-state index is 4.65. The van der Waals surface area contributed by atoms with Gasteiger partial charge >= 0.3 is 0 Å². The standard InChI is InChI=1S/C12H24S3/c1-7(13)10-4-5-11(8(2)14)12(6-10)9(3)15/h7-15H,4-6H2,1-3H3. The van der Waals surface area contributed by atoms with E-state index < -0.39 is 0 Å². The maximum Gasteiger partial charge on any atom is 0.00198 e. The van der Waals surface area contributed by atoms with Gasteiger partial charge in [-0.25, -0.2) is 0 Å². The van der Waals surface area contributed by atoms with Crippen LogP contribution in [-0.2, 0) is 0 Å². The molecule has 0 aromatic carbocycles. The zero-order chi connectivity index (χ0) is 11.6. The van der Waals surface area contributed by atoms with Crippen molar-refractivity contribution in [3.63, 3.8) is 0 Å². The molecule has 0 radical (unpaired) electrons. The molecular formula is C12H24S3. The lowest BCUT2D eigenvalue weighted by molar-refractivity contribution is 0.180. The third-order valence-electron chi connectivity index (χ3n) is 3.92. The van der Waals surface area contributed by atoms with Crippen molar-refractivity contribution in [3.8, 4) is 0 Å². The summed E-state index contributed by atoms with van der Waals surface area (Å²) in [4.78, 5) is 0. The molecule has 1 saturated carbocycles. The molecule has 0 aliphatic heterocycles. The van der Waals surface area contributed by atoms with Crippen LogP contribution in [0.25, 0.3) is 0 Å². The summed E-state index contributed by atoms with van der Waals surface area (Å²) in [5, 5.41) is 1.51. The summed E-state index contributed by atoms with van der Waals surface area (Å²) in [6, 6.07) is 0. The SMILES string of the molecule is CC(S)C1CCC(C(C)S)C(C(C)S)C1. The van der Waals surface area contributed by atoms with E-state index in [2.05, 4.69) is 58.7 Å². The van der Waals surface area contributed by atoms with E-state index in [-0.39, 0.29) is 0 Å². The van der Waals surface area contributed by atoms with Crippen LogP contribution in [0.5, 0.6) is 0 Å². The Hall–Kier alpha value is 1.05. The molecule has 0 aromatic rings. The van der Waals surface area contributed by atoms with Gasteiger partial charge in [0.25, 0.3) is 0 Å². The molecule has 15 heavy (non-hydrogen) atoms. The van der Waals surface area contributed by atoms with Crippen LogP contribution in [0, 0.1) is 17.8 Å². The predicted octanol–water partition coefficient (Wildman–Crippen LogP) is 3.97. The van der Waals surface area contributed by atoms with Gasteiger partial charge in [0.15, 0.2) is 0 Å². The first kappa shape index (κ1) is 14.1. The van der Waals surface area contributed by atoms with Crippen LogP contribution in [0.4, 0.5) is 0 Å². The van der Waals surface area contributed by atoms with Crippen LogP contribution in [0.15, 0.2) is 0 Å². The Kier molecular flexibility index (Phi) is 5.75. The van der Waals surface area contributed by atoms with E-state index in [1.807, 2.05) is 0 Å². The third-order valence-corrected chi connectivity index (χ3v) is 5.10. The molecular weight excluding hydrogens is 240 g/mol. The van der Waals surface area contributed by atoms with Gasteiger partial charge in [0.2, 0.25) is 0 Å². The van der Waals surface area contributed by atoms with Gasteiger partial charge in [0, 0.05) is 15.7 Å². The van der Waals surface area contributed by atoms with Crippen molar-refractivity contribution in [2.75, 3.05) is 0 Å². The molecule has 1 fully saturated rings. The fourth-order valence-corrected chi connectivity index (χ4v) is 3.84. The molecule has 0 N–H and O–H groups in total. The minimum absolute atomic E-state index is 0.486. The molecule has 0 heterocycles. The zero-order valence-corrected chi connectivity index (χ0v) is 12.6. The molecule has 0 amide bonds. The molecule has 0 aromatic heterocycles. The average Bonchev–Trinajstić information content (AvgIpc) is 2.16. The third kappa shape index (κ3) is 3.78. The Balaban J connectivity index is 2.65. The van der Waals surface area contributed by atoms with Crippen LogP contribution in [0.3, 0.4) is 0 Å². The first-order valence-electron chi connectivity index (χ1n) is 5.97. The lowest BCUT2D eigenvalue weighted by Crippen LogP contribution is -2.36. The van der Waals surface area contributed by atoms with Crippen molar-refractivity contribution >= 4 is 37.9 Å². The van der Waals surface area contributed by atoms with Gasteiger partial charge in [0.1, 0.15) is 0 Å². The molecule has 0 nitrogen and oxygen atoms in total. The monoisotopic (exact) mass is 264 g/mol. The summed E-state index contributed by atoms with van der Waals surface area (Å²) in [6.07, 6.45) is 3.90. The Labute approximate surface area is 111 Å². The molecule has 1 rings (SSSR count). The second-order valence-corrected chi connectivity index (χ2v) is 7.57. The summed E-state index contributed by atoms with van der Waals surface area (Å²) in [5.41, 5.74) is 0. The fraction of sp³-hybridized carbons (Fsp3) is 1.00. The quantitative estimate of drug-likeness (QED) is 0.631. The predicted molar refractivity (Wildman–Crippen MR) is 79.7 cm³/mol. The summed E-state index contributed by atoms with van der Waals surface area (Å²) in [6.45, 7) is 6.67. The van der Waals surface area contributed by atoms with E-state index in [0.717, 1.165) is 11.8 Å². The van der Waals surface area contributed by atoms with Gasteiger partial charge in [-0.1, -0.05) is 20.8 Å². The van der Waals surface area contributed by atoms with Crippen LogP contribution < -0.4 is 0 Å². The lowest BCUT2D eigenvalue weighted by atomic mass is 9.70. The van der Waals surface area contributed by atoms with E-state index in [1.54, 1.807) is 0 Å². The number of hydrogen-bond acceptors (Lipinski definition) is 3. The first-order chi connectivity index (χ1) is 6.93. The Morgan fingerprint density at radius 2 is 1.33 bits per heavy atom. The summed E-state index contributed by atoms with van der Waals surface area (Å²) < 4.78 is 0. The van der Waals surface area contributed by atoms with Crippen molar-refractivity contribution in [1.29, 1.82) is 0 Å². The Morgan fingerprint density at radius 3 is 1.73 bits per heavy atom. The highest BCUT2D eigenvalue weighted by Crippen LogP contribution is 2.42. The maximum absolute atomic E-state index is 4.65. The van der Waals surface area contributed by atoms with Crippen LogP contribution in [-0.4, -0.2) is 15.7 Å². The molecule has 0 saturated heterocycles. The van der Waals surface area contributed by atoms with E-state index in [1.165, 1.54) is 19.3 Å². The Morgan fingerprint density at radius 1 is 0.800 bits per heavy atom. The summed E-state index contributed by atoms with van der Waals surface area (Å²) in [7, 11) is 0. The van der Waals surface area contributed by atoms with Gasteiger partial charge in [-0.3, -0.25) is 0 Å². The minimum atomic E-state index is 0.486. The van der Waals surface area contributed by atoms with Crippen LogP contribution in [0.1, 0.15) is 40.0 Å². The highest BCUT2D eigenvalue weighted by Gasteiger charge is 2.35. The smallest absolute Gasteiger partial charge is 0.00198 e. The fourth-order valence-electron chi connectivity index (χ4n) is 2.85. The molecule has 6 atom stereocenters. The second kappa shape index (κ2) is 6.11. The average molecular weight is 265 g/mol. The van der Waals surface area contributed by atoms with Gasteiger partial charge in [-0.05, 0) is 37.0 Å². The minimum Gasteiger partial charge on any atom is -0.176 e. The lowest BCUT2D eigenvalue weighted by Gasteiger charge is -2.41. The summed E-state index contributed by atoms with van der Waals surface area (Å²) >= 11 is 13.9. The van der Waals surface area contributed by atoms with Crippen molar-refractivity contribution < 1.29 is 0 Å². The van der Waals surface area contributed by atoms with E-state index in [4.69, 9.17) is 0 Å². The van der Waals surface area contributed by atoms with Crippen molar-refractivity contribution in [1.82, 2.24) is 0 Å². The number of thiol groups is 3. The zero-order valence-electron chi connectivity index (χ0n) is 9.93. The highest BCUT2D eigenvalue weighted by atomic mass is 32.1. The molecule has 1 aliphatic rings. The summed E-state index contributed by atoms with van der Waals surface area (Å²) in [5.74, 6) is 2.23. The second-order valence-electron chi connectivity index (χ2n) is 5.12. The normalized spacial score (nSPS) is 38.4. The molecule has 90 valence electrons. The van der Waals surface area contributed by atoms with Crippen LogP contribution >= 0.6 is 37.9 Å². The molecule has 3 heteroatoms. The molecule has 1 aliphatic carbocycles. The molecule has 6 unspecified atom stereocenters. The van der Waals surface area contributed by atoms with Gasteiger partial charge in [-0.15, -0.1) is 0 Å². The topological polar surface area (TPSA) is 0 Å². The number of rotatable bonds is 3. The van der Waals surface area contributed by atoms with Crippen molar-refractivity contribution in [2.24, 2.45) is 17.8 Å². The van der Waals surface area contributed by atoms with Crippen molar-refractivity contribution in [3.05, 3.63) is 0 Å². The largest absolute Gasteiger partial charge is 0.176 e. The van der Waals surface area contributed by atoms with E-state index in [0.29, 0.717) is 21.7 Å². The van der Waals surface area contributed by atoms with Crippen LogP contribution in [0.2, 0.25) is 0 Å².